The van der Waals surface area contributed by atoms with Crippen LogP contribution in [0.5, 0.6) is 0 Å². The number of hydrogen-bond donors (Lipinski definition) is 0. The van der Waals surface area contributed by atoms with Crippen molar-refractivity contribution >= 4 is 21.8 Å². The van der Waals surface area contributed by atoms with Crippen molar-refractivity contribution in [3.05, 3.63) is 71.4 Å². The smallest absolute Gasteiger partial charge is 0.236 e. The summed E-state index contributed by atoms with van der Waals surface area (Å²) < 4.78 is 40.1. The number of benzene rings is 2. The van der Waals surface area contributed by atoms with Gasteiger partial charge in [-0.2, -0.15) is 4.31 Å². The number of hydrogen-bond acceptors (Lipinski definition) is 3. The number of para-hydroxylation sites is 1. The Kier molecular flexibility index (Phi) is 4.97. The summed E-state index contributed by atoms with van der Waals surface area (Å²) in [4.78, 5) is 1.88. The summed E-state index contributed by atoms with van der Waals surface area (Å²) in [5, 5.41) is 1.24. The molecule has 1 heterocycles. The summed E-state index contributed by atoms with van der Waals surface area (Å²) in [5.74, 6) is -0.280. The molecule has 0 bridgehead atoms. The maximum atomic E-state index is 13.8. The van der Waals surface area contributed by atoms with E-state index in [4.69, 9.17) is 0 Å². The third-order valence-electron chi connectivity index (χ3n) is 4.02. The summed E-state index contributed by atoms with van der Waals surface area (Å²) in [6.45, 7) is 1.63. The van der Waals surface area contributed by atoms with Crippen LogP contribution < -0.4 is 4.90 Å². The van der Waals surface area contributed by atoms with Crippen LogP contribution in [0.15, 0.2) is 60.0 Å². The first-order valence-electron chi connectivity index (χ1n) is 7.79. The summed E-state index contributed by atoms with van der Waals surface area (Å²) in [7, 11) is -3.46. The molecular formula is C18H19FN2O2S. The molecule has 0 saturated carbocycles. The molecule has 0 radical (unpaired) electrons. The van der Waals surface area contributed by atoms with Crippen molar-refractivity contribution in [3.63, 3.8) is 0 Å². The fraction of sp³-hybridized carbons (Fsp3) is 0.222. The Morgan fingerprint density at radius 2 is 1.50 bits per heavy atom. The molecule has 1 saturated heterocycles. The lowest BCUT2D eigenvalue weighted by atomic mass is 10.2. The van der Waals surface area contributed by atoms with Crippen LogP contribution in [0.3, 0.4) is 0 Å². The molecule has 0 atom stereocenters. The second-order valence-electron chi connectivity index (χ2n) is 5.60. The van der Waals surface area contributed by atoms with Gasteiger partial charge in [-0.05, 0) is 23.8 Å². The number of nitrogens with zero attached hydrogens (tertiary/aromatic N) is 2. The van der Waals surface area contributed by atoms with Crippen molar-refractivity contribution < 1.29 is 12.8 Å². The highest BCUT2D eigenvalue weighted by molar-refractivity contribution is 7.92. The molecule has 126 valence electrons. The van der Waals surface area contributed by atoms with Gasteiger partial charge in [-0.1, -0.05) is 42.5 Å². The van der Waals surface area contributed by atoms with Gasteiger partial charge in [0, 0.05) is 31.6 Å². The number of halogens is 1. The van der Waals surface area contributed by atoms with Crippen LogP contribution >= 0.6 is 0 Å². The molecule has 3 rings (SSSR count). The maximum Gasteiger partial charge on any atom is 0.236 e. The molecular weight excluding hydrogens is 327 g/mol. The van der Waals surface area contributed by atoms with Crippen molar-refractivity contribution in [2.24, 2.45) is 0 Å². The third kappa shape index (κ3) is 3.83. The molecule has 4 nitrogen and oxygen atoms in total. The van der Waals surface area contributed by atoms with Crippen LogP contribution in [-0.2, 0) is 10.0 Å². The molecule has 1 fully saturated rings. The van der Waals surface area contributed by atoms with E-state index in [9.17, 15) is 12.8 Å². The molecule has 0 aromatic heterocycles. The van der Waals surface area contributed by atoms with Crippen LogP contribution in [0, 0.1) is 5.82 Å². The normalized spacial score (nSPS) is 16.6. The molecule has 0 N–H and O–H groups in total. The molecule has 0 aliphatic carbocycles. The predicted molar refractivity (Wildman–Crippen MR) is 94.6 cm³/mol. The first-order chi connectivity index (χ1) is 11.6. The van der Waals surface area contributed by atoms with Crippen LogP contribution in [0.25, 0.3) is 6.08 Å². The molecule has 0 unspecified atom stereocenters. The largest absolute Gasteiger partial charge is 0.367 e. The maximum absolute atomic E-state index is 13.8. The minimum Gasteiger partial charge on any atom is -0.367 e. The Labute approximate surface area is 141 Å². The van der Waals surface area contributed by atoms with Crippen molar-refractivity contribution in [3.8, 4) is 0 Å². The van der Waals surface area contributed by atoms with E-state index in [1.165, 1.54) is 15.8 Å². The van der Waals surface area contributed by atoms with Gasteiger partial charge in [0.2, 0.25) is 10.0 Å². The van der Waals surface area contributed by atoms with Gasteiger partial charge in [0.05, 0.1) is 5.69 Å². The van der Waals surface area contributed by atoms with Crippen molar-refractivity contribution in [2.75, 3.05) is 31.1 Å². The van der Waals surface area contributed by atoms with E-state index in [1.54, 1.807) is 24.3 Å². The third-order valence-corrected chi connectivity index (χ3v) is 5.59. The Morgan fingerprint density at radius 1 is 0.875 bits per heavy atom. The average molecular weight is 346 g/mol. The van der Waals surface area contributed by atoms with Crippen molar-refractivity contribution in [1.82, 2.24) is 4.31 Å². The molecule has 6 heteroatoms. The molecule has 2 aromatic rings. The predicted octanol–water partition coefficient (Wildman–Crippen LogP) is 2.95. The molecule has 1 aliphatic rings. The highest BCUT2D eigenvalue weighted by Gasteiger charge is 2.26. The van der Waals surface area contributed by atoms with E-state index < -0.39 is 10.0 Å². The van der Waals surface area contributed by atoms with Crippen molar-refractivity contribution in [2.45, 2.75) is 0 Å². The van der Waals surface area contributed by atoms with Crippen molar-refractivity contribution in [1.29, 1.82) is 0 Å². The average Bonchev–Trinajstić information content (AvgIpc) is 2.62. The highest BCUT2D eigenvalue weighted by atomic mass is 32.2. The Balaban J connectivity index is 1.65. The Morgan fingerprint density at radius 3 is 2.17 bits per heavy atom. The lowest BCUT2D eigenvalue weighted by Crippen LogP contribution is -2.48. The van der Waals surface area contributed by atoms with E-state index in [-0.39, 0.29) is 5.82 Å². The quantitative estimate of drug-likeness (QED) is 0.855. The zero-order valence-electron chi connectivity index (χ0n) is 13.2. The van der Waals surface area contributed by atoms with Gasteiger partial charge in [-0.3, -0.25) is 0 Å². The zero-order valence-corrected chi connectivity index (χ0v) is 14.0. The minimum absolute atomic E-state index is 0.280. The van der Waals surface area contributed by atoms with E-state index in [0.29, 0.717) is 31.9 Å². The highest BCUT2D eigenvalue weighted by Crippen LogP contribution is 2.21. The molecule has 0 spiro atoms. The van der Waals surface area contributed by atoms with Crippen LogP contribution in [0.4, 0.5) is 10.1 Å². The number of rotatable bonds is 4. The molecule has 2 aromatic carbocycles. The second kappa shape index (κ2) is 7.15. The molecule has 0 amide bonds. The first kappa shape index (κ1) is 16.7. The van der Waals surface area contributed by atoms with Gasteiger partial charge in [-0.15, -0.1) is 0 Å². The summed E-state index contributed by atoms with van der Waals surface area (Å²) >= 11 is 0. The second-order valence-corrected chi connectivity index (χ2v) is 7.41. The van der Waals surface area contributed by atoms with Gasteiger partial charge in [0.25, 0.3) is 0 Å². The number of anilines is 1. The monoisotopic (exact) mass is 346 g/mol. The van der Waals surface area contributed by atoms with Crippen LogP contribution in [-0.4, -0.2) is 38.9 Å². The topological polar surface area (TPSA) is 40.6 Å². The first-order valence-corrected chi connectivity index (χ1v) is 9.29. The van der Waals surface area contributed by atoms with E-state index in [0.717, 1.165) is 5.56 Å². The summed E-state index contributed by atoms with van der Waals surface area (Å²) in [6.07, 6.45) is 1.60. The van der Waals surface area contributed by atoms with Crippen LogP contribution in [0.2, 0.25) is 0 Å². The Hall–Kier alpha value is -2.18. The minimum atomic E-state index is -3.46. The van der Waals surface area contributed by atoms with E-state index in [1.807, 2.05) is 35.2 Å². The lowest BCUT2D eigenvalue weighted by Gasteiger charge is -2.34. The van der Waals surface area contributed by atoms with E-state index >= 15 is 0 Å². The SMILES string of the molecule is O=S(=O)(C=Cc1ccccc1)N1CCN(c2ccccc2F)CC1. The van der Waals surface area contributed by atoms with Gasteiger partial charge < -0.3 is 4.90 Å². The van der Waals surface area contributed by atoms with Gasteiger partial charge in [-0.25, -0.2) is 12.8 Å². The number of piperazine rings is 1. The fourth-order valence-corrected chi connectivity index (χ4v) is 3.88. The number of sulfonamides is 1. The molecule has 1 aliphatic heterocycles. The fourth-order valence-electron chi connectivity index (χ4n) is 2.71. The summed E-state index contributed by atoms with van der Waals surface area (Å²) in [6, 6.07) is 15.9. The van der Waals surface area contributed by atoms with Gasteiger partial charge in [0.15, 0.2) is 0 Å². The standard InChI is InChI=1S/C18H19FN2O2S/c19-17-8-4-5-9-18(17)20-11-13-21(14-12-20)24(22,23)15-10-16-6-2-1-3-7-16/h1-10,15H,11-14H2. The van der Waals surface area contributed by atoms with Gasteiger partial charge in [0.1, 0.15) is 5.82 Å². The van der Waals surface area contributed by atoms with Crippen LogP contribution in [0.1, 0.15) is 5.56 Å². The summed E-state index contributed by atoms with van der Waals surface area (Å²) in [5.41, 5.74) is 1.36. The molecule has 24 heavy (non-hydrogen) atoms. The van der Waals surface area contributed by atoms with Gasteiger partial charge >= 0.3 is 0 Å². The van der Waals surface area contributed by atoms with E-state index in [2.05, 4.69) is 0 Å². The zero-order chi connectivity index (χ0) is 17.0. The lowest BCUT2D eigenvalue weighted by molar-refractivity contribution is 0.388. The Bertz CT molecular complexity index is 814.